The van der Waals surface area contributed by atoms with Crippen LogP contribution in [0.25, 0.3) is 0 Å². The minimum absolute atomic E-state index is 0.241. The van der Waals surface area contributed by atoms with Gasteiger partial charge in [0.2, 0.25) is 0 Å². The SMILES string of the molecule is CC[C@H](OC(=O)c1cccc2c1O[C@H](C)C(=O)N2)c1ccc(F)cc1. The molecule has 0 fully saturated rings. The molecule has 2 aromatic carbocycles. The number of hydrogen-bond acceptors (Lipinski definition) is 4. The number of halogens is 1. The highest BCUT2D eigenvalue weighted by molar-refractivity contribution is 6.02. The first-order chi connectivity index (χ1) is 12.0. The summed E-state index contributed by atoms with van der Waals surface area (Å²) in [5.41, 5.74) is 1.39. The van der Waals surface area contributed by atoms with Gasteiger partial charge in [-0.05, 0) is 43.2 Å². The van der Waals surface area contributed by atoms with Crippen LogP contribution in [0.2, 0.25) is 0 Å². The zero-order valence-electron chi connectivity index (χ0n) is 13.9. The lowest BCUT2D eigenvalue weighted by Gasteiger charge is -2.25. The summed E-state index contributed by atoms with van der Waals surface area (Å²) in [4.78, 5) is 24.3. The molecule has 0 saturated heterocycles. The Kier molecular flexibility index (Phi) is 4.70. The van der Waals surface area contributed by atoms with Gasteiger partial charge >= 0.3 is 5.97 Å². The number of nitrogens with one attached hydrogen (secondary N) is 1. The summed E-state index contributed by atoms with van der Waals surface area (Å²) in [5.74, 6) is -0.874. The van der Waals surface area contributed by atoms with Crippen LogP contribution in [-0.4, -0.2) is 18.0 Å². The third-order valence-corrected chi connectivity index (χ3v) is 4.02. The van der Waals surface area contributed by atoms with Gasteiger partial charge in [0.15, 0.2) is 11.9 Å². The molecule has 3 rings (SSSR count). The van der Waals surface area contributed by atoms with Gasteiger partial charge in [0, 0.05) is 0 Å². The molecule has 6 heteroatoms. The first kappa shape index (κ1) is 17.0. The van der Waals surface area contributed by atoms with Gasteiger partial charge in [-0.1, -0.05) is 25.1 Å². The van der Waals surface area contributed by atoms with Crippen molar-refractivity contribution in [2.45, 2.75) is 32.5 Å². The number of ether oxygens (including phenoxy) is 2. The lowest BCUT2D eigenvalue weighted by Crippen LogP contribution is -2.35. The van der Waals surface area contributed by atoms with Gasteiger partial charge in [-0.3, -0.25) is 4.79 Å². The monoisotopic (exact) mass is 343 g/mol. The first-order valence-electron chi connectivity index (χ1n) is 8.06. The van der Waals surface area contributed by atoms with E-state index in [4.69, 9.17) is 9.47 Å². The molecular weight excluding hydrogens is 325 g/mol. The van der Waals surface area contributed by atoms with Crippen molar-refractivity contribution >= 4 is 17.6 Å². The Hall–Kier alpha value is -2.89. The lowest BCUT2D eigenvalue weighted by atomic mass is 10.1. The Morgan fingerprint density at radius 3 is 2.68 bits per heavy atom. The Bertz CT molecular complexity index is 804. The molecule has 0 bridgehead atoms. The number of benzene rings is 2. The summed E-state index contributed by atoms with van der Waals surface area (Å²) in [5, 5.41) is 2.70. The number of esters is 1. The van der Waals surface area contributed by atoms with Crippen LogP contribution in [0.15, 0.2) is 42.5 Å². The van der Waals surface area contributed by atoms with Crippen LogP contribution in [0.5, 0.6) is 5.75 Å². The van der Waals surface area contributed by atoms with Crippen molar-refractivity contribution < 1.29 is 23.5 Å². The van der Waals surface area contributed by atoms with Crippen molar-refractivity contribution in [3.05, 3.63) is 59.4 Å². The predicted molar refractivity (Wildman–Crippen MR) is 90.0 cm³/mol. The van der Waals surface area contributed by atoms with E-state index in [0.717, 1.165) is 0 Å². The van der Waals surface area contributed by atoms with Gasteiger partial charge in [-0.15, -0.1) is 0 Å². The third-order valence-electron chi connectivity index (χ3n) is 4.02. The normalized spacial score (nSPS) is 17.1. The smallest absolute Gasteiger partial charge is 0.342 e. The van der Waals surface area contributed by atoms with Crippen LogP contribution < -0.4 is 10.1 Å². The highest BCUT2D eigenvalue weighted by Crippen LogP contribution is 2.35. The van der Waals surface area contributed by atoms with E-state index in [1.165, 1.54) is 12.1 Å². The molecule has 1 heterocycles. The summed E-state index contributed by atoms with van der Waals surface area (Å²) in [6.45, 7) is 3.48. The van der Waals surface area contributed by atoms with Crippen molar-refractivity contribution in [1.29, 1.82) is 0 Å². The molecule has 0 aromatic heterocycles. The topological polar surface area (TPSA) is 64.6 Å². The van der Waals surface area contributed by atoms with Crippen molar-refractivity contribution in [2.75, 3.05) is 5.32 Å². The van der Waals surface area contributed by atoms with E-state index in [1.807, 2.05) is 6.92 Å². The number of carbonyl (C=O) groups is 2. The average molecular weight is 343 g/mol. The van der Waals surface area contributed by atoms with E-state index in [-0.39, 0.29) is 17.3 Å². The minimum Gasteiger partial charge on any atom is -0.478 e. The van der Waals surface area contributed by atoms with Gasteiger partial charge in [0.1, 0.15) is 17.5 Å². The van der Waals surface area contributed by atoms with Crippen LogP contribution in [0.1, 0.15) is 42.3 Å². The summed E-state index contributed by atoms with van der Waals surface area (Å²) >= 11 is 0. The molecule has 1 aliphatic rings. The quantitative estimate of drug-likeness (QED) is 0.857. The Morgan fingerprint density at radius 1 is 1.28 bits per heavy atom. The molecule has 2 aromatic rings. The zero-order valence-corrected chi connectivity index (χ0v) is 13.9. The molecule has 0 aliphatic carbocycles. The van der Waals surface area contributed by atoms with Crippen molar-refractivity contribution in [2.24, 2.45) is 0 Å². The second-order valence-corrected chi connectivity index (χ2v) is 5.79. The summed E-state index contributed by atoms with van der Waals surface area (Å²) in [7, 11) is 0. The van der Waals surface area contributed by atoms with Crippen LogP contribution in [-0.2, 0) is 9.53 Å². The molecule has 5 nitrogen and oxygen atoms in total. The van der Waals surface area contributed by atoms with E-state index >= 15 is 0 Å². The second kappa shape index (κ2) is 6.93. The minimum atomic E-state index is -0.694. The van der Waals surface area contributed by atoms with E-state index < -0.39 is 18.2 Å². The van der Waals surface area contributed by atoms with Crippen LogP contribution in [0.4, 0.5) is 10.1 Å². The number of anilines is 1. The van der Waals surface area contributed by atoms with E-state index in [9.17, 15) is 14.0 Å². The van der Waals surface area contributed by atoms with E-state index in [1.54, 1.807) is 37.3 Å². The van der Waals surface area contributed by atoms with Crippen LogP contribution in [0.3, 0.4) is 0 Å². The highest BCUT2D eigenvalue weighted by atomic mass is 19.1. The number of para-hydroxylation sites is 1. The second-order valence-electron chi connectivity index (χ2n) is 5.79. The standard InChI is InChI=1S/C19H18FNO4/c1-3-16(12-7-9-13(20)10-8-12)25-19(23)14-5-4-6-15-17(14)24-11(2)18(22)21-15/h4-11,16H,3H2,1-2H3,(H,21,22)/t11-,16+/m1/s1. The molecule has 0 saturated carbocycles. The molecule has 0 spiro atoms. The number of rotatable bonds is 4. The molecule has 130 valence electrons. The zero-order chi connectivity index (χ0) is 18.0. The van der Waals surface area contributed by atoms with Crippen LogP contribution in [0, 0.1) is 5.82 Å². The van der Waals surface area contributed by atoms with Crippen molar-refractivity contribution in [3.63, 3.8) is 0 Å². The molecule has 1 N–H and O–H groups in total. The fraction of sp³-hybridized carbons (Fsp3) is 0.263. The van der Waals surface area contributed by atoms with Gasteiger partial charge in [-0.2, -0.15) is 0 Å². The maximum atomic E-state index is 13.1. The van der Waals surface area contributed by atoms with Gasteiger partial charge in [-0.25, -0.2) is 9.18 Å². The molecule has 1 aliphatic heterocycles. The van der Waals surface area contributed by atoms with Gasteiger partial charge in [0.05, 0.1) is 5.69 Å². The molecule has 0 unspecified atom stereocenters. The molecule has 1 amide bonds. The maximum Gasteiger partial charge on any atom is 0.342 e. The molecule has 25 heavy (non-hydrogen) atoms. The van der Waals surface area contributed by atoms with Crippen LogP contribution >= 0.6 is 0 Å². The fourth-order valence-electron chi connectivity index (χ4n) is 2.65. The van der Waals surface area contributed by atoms with Gasteiger partial charge in [0.25, 0.3) is 5.91 Å². The summed E-state index contributed by atoms with van der Waals surface area (Å²) in [6.07, 6.45) is -0.652. The number of carbonyl (C=O) groups excluding carboxylic acids is 2. The number of amides is 1. The van der Waals surface area contributed by atoms with Crippen molar-refractivity contribution in [3.8, 4) is 5.75 Å². The predicted octanol–water partition coefficient (Wildman–Crippen LogP) is 3.85. The molecular formula is C19H18FNO4. The largest absolute Gasteiger partial charge is 0.478 e. The third kappa shape index (κ3) is 3.47. The van der Waals surface area contributed by atoms with Gasteiger partial charge < -0.3 is 14.8 Å². The maximum absolute atomic E-state index is 13.1. The first-order valence-corrected chi connectivity index (χ1v) is 8.06. The van der Waals surface area contributed by atoms with E-state index in [2.05, 4.69) is 5.32 Å². The number of hydrogen-bond donors (Lipinski definition) is 1. The fourth-order valence-corrected chi connectivity index (χ4v) is 2.65. The summed E-state index contributed by atoms with van der Waals surface area (Å²) in [6, 6.07) is 10.7. The molecule has 0 radical (unpaired) electrons. The lowest BCUT2D eigenvalue weighted by molar-refractivity contribution is -0.122. The summed E-state index contributed by atoms with van der Waals surface area (Å²) < 4.78 is 24.2. The van der Waals surface area contributed by atoms with Crippen molar-refractivity contribution in [1.82, 2.24) is 0 Å². The Balaban J connectivity index is 1.85. The Morgan fingerprint density at radius 2 is 2.00 bits per heavy atom. The molecule has 2 atom stereocenters. The highest BCUT2D eigenvalue weighted by Gasteiger charge is 2.29. The Labute approximate surface area is 144 Å². The average Bonchev–Trinajstić information content (AvgIpc) is 2.61. The number of fused-ring (bicyclic) bond motifs is 1. The van der Waals surface area contributed by atoms with E-state index in [0.29, 0.717) is 23.4 Å².